The molecule has 3 heterocycles. The lowest BCUT2D eigenvalue weighted by Crippen LogP contribution is -2.19. The molecule has 5 heteroatoms. The van der Waals surface area contributed by atoms with Crippen LogP contribution >= 0.6 is 0 Å². The number of nitrogens with zero attached hydrogens (tertiary/aromatic N) is 4. The molecule has 0 spiro atoms. The van der Waals surface area contributed by atoms with Crippen molar-refractivity contribution in [2.45, 2.75) is 25.8 Å². The van der Waals surface area contributed by atoms with Crippen LogP contribution in [-0.2, 0) is 6.54 Å². The monoisotopic (exact) mass is 294 g/mol. The third-order valence-corrected chi connectivity index (χ3v) is 4.22. The van der Waals surface area contributed by atoms with Crippen LogP contribution in [0.1, 0.15) is 29.7 Å². The molecule has 0 saturated carbocycles. The molecule has 2 aromatic heterocycles. The smallest absolute Gasteiger partial charge is 0.220 e. The first kappa shape index (κ1) is 13.4. The maximum absolute atomic E-state index is 5.56. The number of aryl methyl sites for hydroxylation is 1. The first-order chi connectivity index (χ1) is 10.8. The lowest BCUT2D eigenvalue weighted by Gasteiger charge is -2.15. The minimum atomic E-state index is 0.356. The molecule has 0 bridgehead atoms. The third kappa shape index (κ3) is 2.60. The topological polar surface area (TPSA) is 55.1 Å². The second-order valence-electron chi connectivity index (χ2n) is 5.92. The number of hydrogen-bond donors (Lipinski definition) is 0. The summed E-state index contributed by atoms with van der Waals surface area (Å²) in [6.45, 7) is 4.78. The number of likely N-dealkylation sites (tertiary alicyclic amines) is 1. The quantitative estimate of drug-likeness (QED) is 0.743. The van der Waals surface area contributed by atoms with Gasteiger partial charge in [-0.05, 0) is 30.7 Å². The van der Waals surface area contributed by atoms with Crippen LogP contribution in [0.15, 0.2) is 40.9 Å². The second kappa shape index (κ2) is 5.50. The van der Waals surface area contributed by atoms with Crippen molar-refractivity contribution in [2.75, 3.05) is 13.1 Å². The van der Waals surface area contributed by atoms with E-state index in [4.69, 9.17) is 4.42 Å². The molecule has 1 aliphatic rings. The predicted molar refractivity (Wildman–Crippen MR) is 83.4 cm³/mol. The molecule has 1 aliphatic heterocycles. The fourth-order valence-corrected chi connectivity index (χ4v) is 3.12. The van der Waals surface area contributed by atoms with Crippen molar-refractivity contribution in [1.29, 1.82) is 0 Å². The van der Waals surface area contributed by atoms with Crippen LogP contribution in [0.25, 0.3) is 10.9 Å². The normalized spacial score (nSPS) is 19.0. The minimum absolute atomic E-state index is 0.356. The molecule has 1 fully saturated rings. The van der Waals surface area contributed by atoms with Crippen molar-refractivity contribution in [3.8, 4) is 0 Å². The number of fused-ring (bicyclic) bond motifs is 1. The molecule has 4 rings (SSSR count). The van der Waals surface area contributed by atoms with Gasteiger partial charge in [0.05, 0.1) is 11.4 Å². The molecule has 1 aromatic carbocycles. The Labute approximate surface area is 129 Å². The fraction of sp³-hybridized carbons (Fsp3) is 0.353. The summed E-state index contributed by atoms with van der Waals surface area (Å²) in [5.74, 6) is 1.78. The van der Waals surface area contributed by atoms with E-state index in [1.165, 1.54) is 10.9 Å². The maximum Gasteiger partial charge on any atom is 0.220 e. The summed E-state index contributed by atoms with van der Waals surface area (Å²) in [5.41, 5.74) is 2.30. The van der Waals surface area contributed by atoms with E-state index in [0.29, 0.717) is 11.8 Å². The Balaban J connectivity index is 1.47. The van der Waals surface area contributed by atoms with E-state index in [1.54, 1.807) is 0 Å². The first-order valence-corrected chi connectivity index (χ1v) is 7.64. The lowest BCUT2D eigenvalue weighted by molar-refractivity contribution is 0.318. The number of hydrogen-bond acceptors (Lipinski definition) is 5. The Hall–Kier alpha value is -2.27. The van der Waals surface area contributed by atoms with Gasteiger partial charge in [-0.3, -0.25) is 9.88 Å². The van der Waals surface area contributed by atoms with Crippen molar-refractivity contribution in [3.05, 3.63) is 53.9 Å². The standard InChI is InChI=1S/C17H18N4O/c1-12-19-20-17(22-12)15-6-7-21(11-15)10-13-8-14-4-2-3-5-16(14)18-9-13/h2-5,8-9,15H,6-7,10-11H2,1H3. The van der Waals surface area contributed by atoms with E-state index >= 15 is 0 Å². The summed E-state index contributed by atoms with van der Waals surface area (Å²) in [6, 6.07) is 10.5. The molecular formula is C17H18N4O. The number of benzene rings is 1. The highest BCUT2D eigenvalue weighted by atomic mass is 16.4. The largest absolute Gasteiger partial charge is 0.425 e. The van der Waals surface area contributed by atoms with E-state index in [2.05, 4.69) is 38.3 Å². The highest BCUT2D eigenvalue weighted by Crippen LogP contribution is 2.27. The zero-order valence-electron chi connectivity index (χ0n) is 12.6. The van der Waals surface area contributed by atoms with Gasteiger partial charge in [0.2, 0.25) is 11.8 Å². The number of aromatic nitrogens is 3. The van der Waals surface area contributed by atoms with Crippen molar-refractivity contribution in [2.24, 2.45) is 0 Å². The van der Waals surface area contributed by atoms with Gasteiger partial charge in [-0.2, -0.15) is 0 Å². The summed E-state index contributed by atoms with van der Waals surface area (Å²) in [4.78, 5) is 6.96. The van der Waals surface area contributed by atoms with Gasteiger partial charge < -0.3 is 4.42 Å². The summed E-state index contributed by atoms with van der Waals surface area (Å²) in [5, 5.41) is 9.28. The molecule has 0 radical (unpaired) electrons. The molecule has 0 amide bonds. The summed E-state index contributed by atoms with van der Waals surface area (Å²) in [7, 11) is 0. The molecular weight excluding hydrogens is 276 g/mol. The molecule has 1 atom stereocenters. The molecule has 1 saturated heterocycles. The van der Waals surface area contributed by atoms with Gasteiger partial charge >= 0.3 is 0 Å². The Morgan fingerprint density at radius 1 is 1.27 bits per heavy atom. The van der Waals surface area contributed by atoms with Gasteiger partial charge in [-0.25, -0.2) is 0 Å². The van der Waals surface area contributed by atoms with E-state index in [9.17, 15) is 0 Å². The maximum atomic E-state index is 5.56. The predicted octanol–water partition coefficient (Wildman–Crippen LogP) is 2.92. The van der Waals surface area contributed by atoms with Gasteiger partial charge in [0, 0.05) is 31.6 Å². The van der Waals surface area contributed by atoms with Gasteiger partial charge in [-0.1, -0.05) is 18.2 Å². The van der Waals surface area contributed by atoms with Crippen LogP contribution in [0, 0.1) is 6.92 Å². The third-order valence-electron chi connectivity index (χ3n) is 4.22. The zero-order chi connectivity index (χ0) is 14.9. The van der Waals surface area contributed by atoms with Crippen LogP contribution < -0.4 is 0 Å². The SMILES string of the molecule is Cc1nnc(C2CCN(Cc3cnc4ccccc4c3)C2)o1. The van der Waals surface area contributed by atoms with Crippen molar-refractivity contribution in [3.63, 3.8) is 0 Å². The van der Waals surface area contributed by atoms with Gasteiger partial charge in [0.15, 0.2) is 0 Å². The van der Waals surface area contributed by atoms with E-state index in [1.807, 2.05) is 25.3 Å². The first-order valence-electron chi connectivity index (χ1n) is 7.64. The Bertz CT molecular complexity index is 798. The molecule has 112 valence electrons. The Morgan fingerprint density at radius 2 is 2.18 bits per heavy atom. The summed E-state index contributed by atoms with van der Waals surface area (Å²) in [6.07, 6.45) is 3.05. The van der Waals surface area contributed by atoms with Crippen LogP contribution in [0.4, 0.5) is 0 Å². The average molecular weight is 294 g/mol. The van der Waals surface area contributed by atoms with Crippen LogP contribution in [0.2, 0.25) is 0 Å². The Morgan fingerprint density at radius 3 is 3.05 bits per heavy atom. The second-order valence-corrected chi connectivity index (χ2v) is 5.92. The number of para-hydroxylation sites is 1. The average Bonchev–Trinajstić information content (AvgIpc) is 3.16. The molecule has 3 aromatic rings. The lowest BCUT2D eigenvalue weighted by atomic mass is 10.1. The van der Waals surface area contributed by atoms with Gasteiger partial charge in [0.25, 0.3) is 0 Å². The highest BCUT2D eigenvalue weighted by molar-refractivity contribution is 5.78. The van der Waals surface area contributed by atoms with Crippen LogP contribution in [-0.4, -0.2) is 33.2 Å². The van der Waals surface area contributed by atoms with Crippen molar-refractivity contribution in [1.82, 2.24) is 20.1 Å². The van der Waals surface area contributed by atoms with Crippen molar-refractivity contribution >= 4 is 10.9 Å². The van der Waals surface area contributed by atoms with Crippen LogP contribution in [0.3, 0.4) is 0 Å². The summed E-state index contributed by atoms with van der Waals surface area (Å²) >= 11 is 0. The molecule has 0 aliphatic carbocycles. The highest BCUT2D eigenvalue weighted by Gasteiger charge is 2.27. The Kier molecular flexibility index (Phi) is 3.35. The fourth-order valence-electron chi connectivity index (χ4n) is 3.12. The number of rotatable bonds is 3. The van der Waals surface area contributed by atoms with E-state index < -0.39 is 0 Å². The minimum Gasteiger partial charge on any atom is -0.425 e. The van der Waals surface area contributed by atoms with Crippen molar-refractivity contribution < 1.29 is 4.42 Å². The molecule has 5 nitrogen and oxygen atoms in total. The van der Waals surface area contributed by atoms with Gasteiger partial charge in [-0.15, -0.1) is 10.2 Å². The molecule has 0 N–H and O–H groups in total. The van der Waals surface area contributed by atoms with Gasteiger partial charge in [0.1, 0.15) is 0 Å². The zero-order valence-corrected chi connectivity index (χ0v) is 12.6. The molecule has 22 heavy (non-hydrogen) atoms. The van der Waals surface area contributed by atoms with E-state index in [0.717, 1.165) is 37.5 Å². The number of pyridine rings is 1. The summed E-state index contributed by atoms with van der Waals surface area (Å²) < 4.78 is 5.56. The molecule has 1 unspecified atom stereocenters. The van der Waals surface area contributed by atoms with E-state index in [-0.39, 0.29) is 0 Å². The van der Waals surface area contributed by atoms with Crippen LogP contribution in [0.5, 0.6) is 0 Å².